The molecule has 0 aliphatic carbocycles. The Labute approximate surface area is 170 Å². The molecule has 1 N–H and O–H groups in total. The third-order valence-corrected chi connectivity index (χ3v) is 6.41. The van der Waals surface area contributed by atoms with Crippen LogP contribution >= 0.6 is 0 Å². The molecule has 0 heterocycles. The van der Waals surface area contributed by atoms with Crippen molar-refractivity contribution >= 4 is 27.3 Å². The van der Waals surface area contributed by atoms with E-state index in [1.807, 2.05) is 12.1 Å². The fourth-order valence-electron chi connectivity index (χ4n) is 2.79. The quantitative estimate of drug-likeness (QED) is 0.494. The van der Waals surface area contributed by atoms with Gasteiger partial charge in [0.05, 0.1) is 15.5 Å². The highest BCUT2D eigenvalue weighted by atomic mass is 32.2. The Morgan fingerprint density at radius 2 is 1.83 bits per heavy atom. The molecular formula is C20H25N3O5S. The molecule has 2 rings (SSSR count). The van der Waals surface area contributed by atoms with Crippen LogP contribution in [0.25, 0.3) is 0 Å². The average molecular weight is 420 g/mol. The zero-order chi connectivity index (χ0) is 21.6. The standard InChI is InChI=1S/C20H25N3O5S/c1-4-15(3)16-9-11-17(12-10-16)22(14-20(24)21-5-2)29(27,28)19-8-6-7-18(13-19)23(25)26/h6-13,15H,4-5,14H2,1-3H3,(H,21,24). The summed E-state index contributed by atoms with van der Waals surface area (Å²) in [6.45, 7) is 5.80. The van der Waals surface area contributed by atoms with Crippen molar-refractivity contribution in [1.29, 1.82) is 0 Å². The SMILES string of the molecule is CCNC(=O)CN(c1ccc(C(C)CC)cc1)S(=O)(=O)c1cccc([N+](=O)[O-])c1. The lowest BCUT2D eigenvalue weighted by molar-refractivity contribution is -0.385. The van der Waals surface area contributed by atoms with Crippen molar-refractivity contribution in [3.05, 3.63) is 64.2 Å². The highest BCUT2D eigenvalue weighted by molar-refractivity contribution is 7.92. The van der Waals surface area contributed by atoms with Gasteiger partial charge in [0.25, 0.3) is 15.7 Å². The van der Waals surface area contributed by atoms with Crippen LogP contribution in [0.5, 0.6) is 0 Å². The van der Waals surface area contributed by atoms with E-state index in [4.69, 9.17) is 0 Å². The number of carbonyl (C=O) groups is 1. The Morgan fingerprint density at radius 3 is 2.38 bits per heavy atom. The number of sulfonamides is 1. The molecule has 0 fully saturated rings. The molecule has 29 heavy (non-hydrogen) atoms. The van der Waals surface area contributed by atoms with E-state index < -0.39 is 27.4 Å². The van der Waals surface area contributed by atoms with Gasteiger partial charge >= 0.3 is 0 Å². The van der Waals surface area contributed by atoms with Crippen molar-refractivity contribution in [2.24, 2.45) is 0 Å². The van der Waals surface area contributed by atoms with Crippen LogP contribution in [0.3, 0.4) is 0 Å². The van der Waals surface area contributed by atoms with Gasteiger partial charge in [0, 0.05) is 18.7 Å². The number of nitro groups is 1. The number of carbonyl (C=O) groups excluding carboxylic acids is 1. The highest BCUT2D eigenvalue weighted by Crippen LogP contribution is 2.28. The first kappa shape index (κ1) is 22.4. The van der Waals surface area contributed by atoms with E-state index in [1.54, 1.807) is 19.1 Å². The molecule has 0 radical (unpaired) electrons. The lowest BCUT2D eigenvalue weighted by atomic mass is 9.99. The van der Waals surface area contributed by atoms with Crippen LogP contribution in [0.2, 0.25) is 0 Å². The van der Waals surface area contributed by atoms with Gasteiger partial charge in [-0.05, 0) is 43.0 Å². The van der Waals surface area contributed by atoms with Gasteiger partial charge in [-0.3, -0.25) is 19.2 Å². The zero-order valence-electron chi connectivity index (χ0n) is 16.7. The summed E-state index contributed by atoms with van der Waals surface area (Å²) >= 11 is 0. The molecule has 0 bridgehead atoms. The molecule has 0 aliphatic rings. The van der Waals surface area contributed by atoms with E-state index in [0.717, 1.165) is 22.4 Å². The molecule has 1 unspecified atom stereocenters. The number of anilines is 1. The largest absolute Gasteiger partial charge is 0.355 e. The first-order valence-corrected chi connectivity index (χ1v) is 10.8. The first-order valence-electron chi connectivity index (χ1n) is 9.34. The minimum atomic E-state index is -4.19. The summed E-state index contributed by atoms with van der Waals surface area (Å²) in [4.78, 5) is 22.3. The second-order valence-electron chi connectivity index (χ2n) is 6.62. The number of nitrogens with one attached hydrogen (secondary N) is 1. The van der Waals surface area contributed by atoms with Gasteiger partial charge in [-0.15, -0.1) is 0 Å². The van der Waals surface area contributed by atoms with E-state index in [0.29, 0.717) is 18.2 Å². The van der Waals surface area contributed by atoms with Gasteiger partial charge in [0.1, 0.15) is 6.54 Å². The van der Waals surface area contributed by atoms with E-state index in [9.17, 15) is 23.3 Å². The van der Waals surface area contributed by atoms with Crippen LogP contribution in [-0.4, -0.2) is 32.3 Å². The smallest absolute Gasteiger partial charge is 0.270 e. The number of hydrogen-bond donors (Lipinski definition) is 1. The maximum absolute atomic E-state index is 13.2. The number of nitrogens with zero attached hydrogens (tertiary/aromatic N) is 2. The van der Waals surface area contributed by atoms with Crippen LogP contribution in [0, 0.1) is 10.1 Å². The zero-order valence-corrected chi connectivity index (χ0v) is 17.5. The lowest BCUT2D eigenvalue weighted by Gasteiger charge is -2.24. The molecule has 8 nitrogen and oxygen atoms in total. The number of rotatable bonds is 9. The monoisotopic (exact) mass is 419 g/mol. The van der Waals surface area contributed by atoms with Gasteiger partial charge < -0.3 is 5.32 Å². The predicted octanol–water partition coefficient (Wildman–Crippen LogP) is 3.44. The number of amides is 1. The van der Waals surface area contributed by atoms with Crippen molar-refractivity contribution in [3.8, 4) is 0 Å². The predicted molar refractivity (Wildman–Crippen MR) is 111 cm³/mol. The van der Waals surface area contributed by atoms with Crippen molar-refractivity contribution in [1.82, 2.24) is 5.32 Å². The maximum atomic E-state index is 13.2. The molecule has 1 atom stereocenters. The van der Waals surface area contributed by atoms with Gasteiger partial charge in [0.2, 0.25) is 5.91 Å². The molecule has 0 saturated carbocycles. The van der Waals surface area contributed by atoms with Gasteiger partial charge in [-0.1, -0.05) is 32.0 Å². The topological polar surface area (TPSA) is 110 Å². The number of hydrogen-bond acceptors (Lipinski definition) is 5. The Morgan fingerprint density at radius 1 is 1.17 bits per heavy atom. The third kappa shape index (κ3) is 5.32. The van der Waals surface area contributed by atoms with E-state index in [2.05, 4.69) is 19.2 Å². The summed E-state index contributed by atoms with van der Waals surface area (Å²) < 4.78 is 27.5. The van der Waals surface area contributed by atoms with Crippen LogP contribution in [0.15, 0.2) is 53.4 Å². The molecular weight excluding hydrogens is 394 g/mol. The molecule has 2 aromatic rings. The molecule has 2 aromatic carbocycles. The molecule has 0 aliphatic heterocycles. The summed E-state index contributed by atoms with van der Waals surface area (Å²) in [6.07, 6.45) is 0.938. The normalized spacial score (nSPS) is 12.2. The van der Waals surface area contributed by atoms with Crippen molar-refractivity contribution < 1.29 is 18.1 Å². The Balaban J connectivity index is 2.50. The summed E-state index contributed by atoms with van der Waals surface area (Å²) in [5, 5.41) is 13.6. The number of benzene rings is 2. The first-order chi connectivity index (χ1) is 13.7. The van der Waals surface area contributed by atoms with Crippen molar-refractivity contribution in [3.63, 3.8) is 0 Å². The average Bonchev–Trinajstić information content (AvgIpc) is 2.71. The van der Waals surface area contributed by atoms with E-state index in [1.165, 1.54) is 18.2 Å². The maximum Gasteiger partial charge on any atom is 0.270 e. The molecule has 9 heteroatoms. The molecule has 0 spiro atoms. The van der Waals surface area contributed by atoms with Gasteiger partial charge in [-0.25, -0.2) is 8.42 Å². The van der Waals surface area contributed by atoms with E-state index >= 15 is 0 Å². The number of non-ortho nitro benzene ring substituents is 1. The summed E-state index contributed by atoms with van der Waals surface area (Å²) in [6, 6.07) is 11.8. The second kappa shape index (κ2) is 9.51. The van der Waals surface area contributed by atoms with Gasteiger partial charge in [0.15, 0.2) is 0 Å². The third-order valence-electron chi connectivity index (χ3n) is 4.64. The van der Waals surface area contributed by atoms with Crippen LogP contribution in [-0.2, 0) is 14.8 Å². The molecule has 1 amide bonds. The fourth-order valence-corrected chi connectivity index (χ4v) is 4.25. The summed E-state index contributed by atoms with van der Waals surface area (Å²) in [5.74, 6) is -0.151. The number of nitro benzene ring substituents is 1. The summed E-state index contributed by atoms with van der Waals surface area (Å²) in [5.41, 5.74) is 1.04. The second-order valence-corrected chi connectivity index (χ2v) is 8.48. The van der Waals surface area contributed by atoms with Crippen LogP contribution in [0.4, 0.5) is 11.4 Å². The van der Waals surface area contributed by atoms with Crippen molar-refractivity contribution in [2.75, 3.05) is 17.4 Å². The Kier molecular flexibility index (Phi) is 7.33. The minimum Gasteiger partial charge on any atom is -0.355 e. The molecule has 0 saturated heterocycles. The highest BCUT2D eigenvalue weighted by Gasteiger charge is 2.28. The van der Waals surface area contributed by atoms with Crippen molar-refractivity contribution in [2.45, 2.75) is 38.0 Å². The Hall–Kier alpha value is -2.94. The minimum absolute atomic E-state index is 0.248. The fraction of sp³-hybridized carbons (Fsp3) is 0.350. The molecule has 0 aromatic heterocycles. The van der Waals surface area contributed by atoms with Crippen LogP contribution < -0.4 is 9.62 Å². The number of likely N-dealkylation sites (N-methyl/N-ethyl adjacent to an activating group) is 1. The Bertz CT molecular complexity index is 974. The van der Waals surface area contributed by atoms with E-state index in [-0.39, 0.29) is 10.6 Å². The van der Waals surface area contributed by atoms with Gasteiger partial charge in [-0.2, -0.15) is 0 Å². The van der Waals surface area contributed by atoms with Crippen LogP contribution in [0.1, 0.15) is 38.7 Å². The lowest BCUT2D eigenvalue weighted by Crippen LogP contribution is -2.40. The summed E-state index contributed by atoms with van der Waals surface area (Å²) in [7, 11) is -4.19. The molecule has 156 valence electrons.